The number of halogens is 1. The minimum Gasteiger partial charge on any atom is -0.305 e. The molecule has 0 saturated carbocycles. The van der Waals surface area contributed by atoms with Gasteiger partial charge in [-0.3, -0.25) is 9.97 Å². The molecular formula is C16H16BrN3S. The van der Waals surface area contributed by atoms with E-state index in [4.69, 9.17) is 0 Å². The Bertz CT molecular complexity index is 736. The van der Waals surface area contributed by atoms with Crippen molar-refractivity contribution in [3.63, 3.8) is 0 Å². The predicted octanol–water partition coefficient (Wildman–Crippen LogP) is 4.54. The third-order valence-corrected chi connectivity index (χ3v) is 5.28. The van der Waals surface area contributed by atoms with E-state index < -0.39 is 0 Å². The summed E-state index contributed by atoms with van der Waals surface area (Å²) in [4.78, 5) is 10.2. The number of aromatic nitrogens is 2. The Labute approximate surface area is 136 Å². The average Bonchev–Trinajstić information content (AvgIpc) is 2.94. The molecule has 1 atom stereocenters. The van der Waals surface area contributed by atoms with E-state index in [1.165, 1.54) is 10.4 Å². The number of rotatable bonds is 5. The van der Waals surface area contributed by atoms with E-state index in [9.17, 15) is 0 Å². The number of thiophene rings is 1. The van der Waals surface area contributed by atoms with Crippen molar-refractivity contribution in [3.05, 3.63) is 57.0 Å². The van der Waals surface area contributed by atoms with Crippen LogP contribution in [0.4, 0.5) is 0 Å². The molecule has 3 nitrogen and oxygen atoms in total. The van der Waals surface area contributed by atoms with Crippen LogP contribution in [0.25, 0.3) is 11.0 Å². The molecule has 0 radical (unpaired) electrons. The van der Waals surface area contributed by atoms with Gasteiger partial charge in [0.2, 0.25) is 0 Å². The van der Waals surface area contributed by atoms with Gasteiger partial charge < -0.3 is 5.32 Å². The molecule has 0 saturated heterocycles. The molecule has 1 unspecified atom stereocenters. The Balaban J connectivity index is 2.12. The SMILES string of the molecule is CCCNC(c1sccc1Br)c1cccc2nccnc12. The van der Waals surface area contributed by atoms with Crippen molar-refractivity contribution < 1.29 is 0 Å². The number of hydrogen-bond acceptors (Lipinski definition) is 4. The molecule has 3 aromatic rings. The van der Waals surface area contributed by atoms with Gasteiger partial charge in [0.05, 0.1) is 17.1 Å². The first-order valence-electron chi connectivity index (χ1n) is 6.97. The molecule has 0 spiro atoms. The van der Waals surface area contributed by atoms with Gasteiger partial charge in [0.25, 0.3) is 0 Å². The van der Waals surface area contributed by atoms with Crippen LogP contribution >= 0.6 is 27.3 Å². The Morgan fingerprint density at radius 2 is 2.10 bits per heavy atom. The van der Waals surface area contributed by atoms with Crippen molar-refractivity contribution in [1.82, 2.24) is 15.3 Å². The molecule has 2 aromatic heterocycles. The fraction of sp³-hybridized carbons (Fsp3) is 0.250. The number of nitrogens with one attached hydrogen (secondary N) is 1. The average molecular weight is 362 g/mol. The summed E-state index contributed by atoms with van der Waals surface area (Å²) in [6.45, 7) is 3.14. The maximum atomic E-state index is 4.54. The van der Waals surface area contributed by atoms with Gasteiger partial charge in [-0.1, -0.05) is 19.1 Å². The molecule has 108 valence electrons. The lowest BCUT2D eigenvalue weighted by atomic mass is 10.0. The second-order valence-electron chi connectivity index (χ2n) is 4.79. The second kappa shape index (κ2) is 6.64. The highest BCUT2D eigenvalue weighted by Gasteiger charge is 2.20. The lowest BCUT2D eigenvalue weighted by Crippen LogP contribution is -2.23. The summed E-state index contributed by atoms with van der Waals surface area (Å²) >= 11 is 5.41. The van der Waals surface area contributed by atoms with Gasteiger partial charge >= 0.3 is 0 Å². The topological polar surface area (TPSA) is 37.8 Å². The monoisotopic (exact) mass is 361 g/mol. The van der Waals surface area contributed by atoms with Crippen LogP contribution in [0.3, 0.4) is 0 Å². The van der Waals surface area contributed by atoms with Gasteiger partial charge in [0.15, 0.2) is 0 Å². The first-order valence-corrected chi connectivity index (χ1v) is 8.64. The van der Waals surface area contributed by atoms with Gasteiger partial charge in [-0.05, 0) is 46.4 Å². The maximum Gasteiger partial charge on any atom is 0.0938 e. The first-order chi connectivity index (χ1) is 10.3. The number of benzene rings is 1. The largest absolute Gasteiger partial charge is 0.305 e. The minimum absolute atomic E-state index is 0.139. The van der Waals surface area contributed by atoms with Gasteiger partial charge in [-0.2, -0.15) is 0 Å². The van der Waals surface area contributed by atoms with E-state index in [1.807, 2.05) is 6.07 Å². The highest BCUT2D eigenvalue weighted by Crippen LogP contribution is 2.35. The molecular weight excluding hydrogens is 346 g/mol. The van der Waals surface area contributed by atoms with Gasteiger partial charge in [-0.15, -0.1) is 11.3 Å². The van der Waals surface area contributed by atoms with Crippen LogP contribution in [0.2, 0.25) is 0 Å². The van der Waals surface area contributed by atoms with E-state index in [0.717, 1.165) is 28.5 Å². The van der Waals surface area contributed by atoms with Crippen molar-refractivity contribution in [2.75, 3.05) is 6.54 Å². The molecule has 1 N–H and O–H groups in total. The summed E-state index contributed by atoms with van der Waals surface area (Å²) in [6.07, 6.45) is 4.59. The molecule has 2 heterocycles. The van der Waals surface area contributed by atoms with Crippen molar-refractivity contribution in [2.45, 2.75) is 19.4 Å². The lowest BCUT2D eigenvalue weighted by molar-refractivity contribution is 0.607. The van der Waals surface area contributed by atoms with Crippen LogP contribution in [0.15, 0.2) is 46.5 Å². The van der Waals surface area contributed by atoms with Crippen molar-refractivity contribution in [1.29, 1.82) is 0 Å². The van der Waals surface area contributed by atoms with Gasteiger partial charge in [0, 0.05) is 27.3 Å². The molecule has 5 heteroatoms. The zero-order valence-electron chi connectivity index (χ0n) is 11.7. The molecule has 21 heavy (non-hydrogen) atoms. The number of para-hydroxylation sites is 1. The van der Waals surface area contributed by atoms with E-state index in [2.05, 4.69) is 61.7 Å². The standard InChI is InChI=1S/C16H16BrN3S/c1-2-7-19-15(16-12(17)6-10-21-16)11-4-3-5-13-14(11)20-9-8-18-13/h3-6,8-10,15,19H,2,7H2,1H3. The van der Waals surface area contributed by atoms with Crippen molar-refractivity contribution >= 4 is 38.3 Å². The van der Waals surface area contributed by atoms with Gasteiger partial charge in [-0.25, -0.2) is 0 Å². The number of hydrogen-bond donors (Lipinski definition) is 1. The first kappa shape index (κ1) is 14.6. The van der Waals surface area contributed by atoms with Crippen molar-refractivity contribution in [2.24, 2.45) is 0 Å². The quantitative estimate of drug-likeness (QED) is 0.724. The molecule has 0 aliphatic heterocycles. The van der Waals surface area contributed by atoms with Crippen LogP contribution < -0.4 is 5.32 Å². The maximum absolute atomic E-state index is 4.54. The summed E-state index contributed by atoms with van der Waals surface area (Å²) in [7, 11) is 0. The second-order valence-corrected chi connectivity index (χ2v) is 6.59. The van der Waals surface area contributed by atoms with Crippen LogP contribution in [0.1, 0.15) is 29.8 Å². The molecule has 1 aromatic carbocycles. The molecule has 0 bridgehead atoms. The van der Waals surface area contributed by atoms with Crippen LogP contribution in [-0.4, -0.2) is 16.5 Å². The number of nitrogens with zero attached hydrogens (tertiary/aromatic N) is 2. The molecule has 0 aliphatic rings. The summed E-state index contributed by atoms with van der Waals surface area (Å²) in [5.41, 5.74) is 3.08. The molecule has 0 amide bonds. The highest BCUT2D eigenvalue weighted by molar-refractivity contribution is 9.10. The number of fused-ring (bicyclic) bond motifs is 1. The minimum atomic E-state index is 0.139. The summed E-state index contributed by atoms with van der Waals surface area (Å²) in [5.74, 6) is 0. The van der Waals surface area contributed by atoms with Crippen LogP contribution in [-0.2, 0) is 0 Å². The molecule has 0 aliphatic carbocycles. The van der Waals surface area contributed by atoms with E-state index >= 15 is 0 Å². The Morgan fingerprint density at radius 3 is 2.86 bits per heavy atom. The van der Waals surface area contributed by atoms with E-state index in [0.29, 0.717) is 0 Å². The van der Waals surface area contributed by atoms with E-state index in [-0.39, 0.29) is 6.04 Å². The Morgan fingerprint density at radius 1 is 1.24 bits per heavy atom. The summed E-state index contributed by atoms with van der Waals surface area (Å²) < 4.78 is 1.14. The normalized spacial score (nSPS) is 12.7. The fourth-order valence-corrected chi connectivity index (χ4v) is 4.09. The third-order valence-electron chi connectivity index (χ3n) is 3.35. The molecule has 0 fully saturated rings. The summed E-state index contributed by atoms with van der Waals surface area (Å²) in [6, 6.07) is 8.42. The van der Waals surface area contributed by atoms with Gasteiger partial charge in [0.1, 0.15) is 0 Å². The lowest BCUT2D eigenvalue weighted by Gasteiger charge is -2.19. The van der Waals surface area contributed by atoms with Crippen LogP contribution in [0.5, 0.6) is 0 Å². The highest BCUT2D eigenvalue weighted by atomic mass is 79.9. The van der Waals surface area contributed by atoms with Crippen LogP contribution in [0, 0.1) is 0 Å². The Kier molecular flexibility index (Phi) is 4.63. The van der Waals surface area contributed by atoms with Crippen molar-refractivity contribution in [3.8, 4) is 0 Å². The predicted molar refractivity (Wildman–Crippen MR) is 91.7 cm³/mol. The fourth-order valence-electron chi connectivity index (χ4n) is 2.39. The zero-order chi connectivity index (χ0) is 14.7. The molecule has 3 rings (SSSR count). The van der Waals surface area contributed by atoms with E-state index in [1.54, 1.807) is 23.7 Å². The smallest absolute Gasteiger partial charge is 0.0938 e. The third kappa shape index (κ3) is 3.00. The Hall–Kier alpha value is -1.30. The zero-order valence-corrected chi connectivity index (χ0v) is 14.1. The summed E-state index contributed by atoms with van der Waals surface area (Å²) in [5, 5.41) is 5.74.